The number of anilines is 1. The summed E-state index contributed by atoms with van der Waals surface area (Å²) in [5.41, 5.74) is -0.873. The minimum atomic E-state index is -4.77. The zero-order valence-electron chi connectivity index (χ0n) is 13.8. The van der Waals surface area contributed by atoms with E-state index in [1.165, 1.54) is 6.20 Å². The van der Waals surface area contributed by atoms with Crippen molar-refractivity contribution in [2.75, 3.05) is 5.32 Å². The molecular formula is C16H14F3N5O2. The number of amides is 1. The summed E-state index contributed by atoms with van der Waals surface area (Å²) in [6.07, 6.45) is -2.23. The first kappa shape index (κ1) is 17.6. The van der Waals surface area contributed by atoms with Crippen molar-refractivity contribution in [1.82, 2.24) is 19.3 Å². The van der Waals surface area contributed by atoms with Gasteiger partial charge in [-0.15, -0.1) is 0 Å². The van der Waals surface area contributed by atoms with Crippen LogP contribution in [-0.2, 0) is 24.6 Å². The molecule has 0 saturated carbocycles. The van der Waals surface area contributed by atoms with Crippen LogP contribution in [0, 0.1) is 6.92 Å². The molecule has 3 heterocycles. The summed E-state index contributed by atoms with van der Waals surface area (Å²) < 4.78 is 40.6. The third kappa shape index (κ3) is 3.30. The van der Waals surface area contributed by atoms with Crippen LogP contribution >= 0.6 is 0 Å². The quantitative estimate of drug-likeness (QED) is 0.771. The van der Waals surface area contributed by atoms with E-state index in [4.69, 9.17) is 0 Å². The highest BCUT2D eigenvalue weighted by atomic mass is 19.4. The number of carbonyl (C=O) groups is 1. The van der Waals surface area contributed by atoms with Gasteiger partial charge in [-0.3, -0.25) is 14.3 Å². The molecule has 0 aliphatic rings. The van der Waals surface area contributed by atoms with Crippen molar-refractivity contribution >= 4 is 22.6 Å². The SMILES string of the molecule is Cc1nn(C)c2ncc(NC(=O)Cn3cccc(C(F)(F)F)c3=O)cc12. The molecule has 0 aromatic carbocycles. The molecule has 0 bridgehead atoms. The van der Waals surface area contributed by atoms with E-state index in [9.17, 15) is 22.8 Å². The number of nitrogens with zero attached hydrogens (tertiary/aromatic N) is 4. The molecule has 0 atom stereocenters. The predicted octanol–water partition coefficient (Wildman–Crippen LogP) is 2.10. The molecular weight excluding hydrogens is 351 g/mol. The number of fused-ring (bicyclic) bond motifs is 1. The van der Waals surface area contributed by atoms with E-state index in [0.29, 0.717) is 22.0 Å². The average Bonchev–Trinajstić information content (AvgIpc) is 2.82. The van der Waals surface area contributed by atoms with Gasteiger partial charge < -0.3 is 9.88 Å². The lowest BCUT2D eigenvalue weighted by Crippen LogP contribution is -2.31. The van der Waals surface area contributed by atoms with Crippen LogP contribution in [0.1, 0.15) is 11.3 Å². The molecule has 3 aromatic heterocycles. The Morgan fingerprint density at radius 1 is 1.35 bits per heavy atom. The number of hydrogen-bond donors (Lipinski definition) is 1. The molecule has 0 unspecified atom stereocenters. The summed E-state index contributed by atoms with van der Waals surface area (Å²) in [6.45, 7) is 1.24. The smallest absolute Gasteiger partial charge is 0.323 e. The third-order valence-corrected chi connectivity index (χ3v) is 3.79. The van der Waals surface area contributed by atoms with E-state index in [2.05, 4.69) is 15.4 Å². The van der Waals surface area contributed by atoms with Crippen molar-refractivity contribution in [3.63, 3.8) is 0 Å². The van der Waals surface area contributed by atoms with E-state index in [1.54, 1.807) is 24.7 Å². The molecule has 10 heteroatoms. The van der Waals surface area contributed by atoms with Crippen molar-refractivity contribution in [2.45, 2.75) is 19.6 Å². The summed E-state index contributed by atoms with van der Waals surface area (Å²) in [5.74, 6) is -0.644. The zero-order chi connectivity index (χ0) is 19.1. The van der Waals surface area contributed by atoms with Gasteiger partial charge in [-0.25, -0.2) is 4.98 Å². The molecule has 0 fully saturated rings. The Morgan fingerprint density at radius 2 is 2.08 bits per heavy atom. The summed E-state index contributed by atoms with van der Waals surface area (Å²) in [4.78, 5) is 28.2. The molecule has 1 amide bonds. The number of carbonyl (C=O) groups excluding carboxylic acids is 1. The summed E-state index contributed by atoms with van der Waals surface area (Å²) in [6, 6.07) is 3.42. The van der Waals surface area contributed by atoms with Crippen molar-refractivity contribution in [3.8, 4) is 0 Å². The predicted molar refractivity (Wildman–Crippen MR) is 87.6 cm³/mol. The molecule has 26 heavy (non-hydrogen) atoms. The fraction of sp³-hybridized carbons (Fsp3) is 0.250. The molecule has 0 radical (unpaired) electrons. The maximum atomic E-state index is 12.8. The van der Waals surface area contributed by atoms with E-state index in [-0.39, 0.29) is 0 Å². The van der Waals surface area contributed by atoms with E-state index >= 15 is 0 Å². The highest BCUT2D eigenvalue weighted by molar-refractivity contribution is 5.93. The minimum Gasteiger partial charge on any atom is -0.323 e. The van der Waals surface area contributed by atoms with Gasteiger partial charge in [0.2, 0.25) is 5.91 Å². The van der Waals surface area contributed by atoms with Gasteiger partial charge in [0.25, 0.3) is 5.56 Å². The summed E-state index contributed by atoms with van der Waals surface area (Å²) in [5, 5.41) is 7.47. The topological polar surface area (TPSA) is 81.8 Å². The van der Waals surface area contributed by atoms with Crippen molar-refractivity contribution in [3.05, 3.63) is 52.2 Å². The second-order valence-corrected chi connectivity index (χ2v) is 5.71. The van der Waals surface area contributed by atoms with Crippen LogP contribution in [0.25, 0.3) is 11.0 Å². The van der Waals surface area contributed by atoms with Gasteiger partial charge in [0.15, 0.2) is 5.65 Å². The van der Waals surface area contributed by atoms with E-state index in [0.717, 1.165) is 23.3 Å². The standard InChI is InChI=1S/C16H14F3N5O2/c1-9-11-6-10(7-20-14(11)23(2)22-9)21-13(25)8-24-5-3-4-12(15(24)26)16(17,18)19/h3-7H,8H2,1-2H3,(H,21,25). The van der Waals surface area contributed by atoms with Crippen molar-refractivity contribution in [1.29, 1.82) is 0 Å². The number of nitrogens with one attached hydrogen (secondary N) is 1. The lowest BCUT2D eigenvalue weighted by molar-refractivity contribution is -0.139. The third-order valence-electron chi connectivity index (χ3n) is 3.79. The molecule has 7 nitrogen and oxygen atoms in total. The van der Waals surface area contributed by atoms with Crippen LogP contribution in [0.3, 0.4) is 0 Å². The van der Waals surface area contributed by atoms with Crippen LogP contribution in [0.15, 0.2) is 35.4 Å². The van der Waals surface area contributed by atoms with Crippen LogP contribution in [0.4, 0.5) is 18.9 Å². The fourth-order valence-corrected chi connectivity index (χ4v) is 2.61. The maximum Gasteiger partial charge on any atom is 0.421 e. The Labute approximate surface area is 145 Å². The van der Waals surface area contributed by atoms with Crippen LogP contribution in [0.5, 0.6) is 0 Å². The number of aromatic nitrogens is 4. The number of rotatable bonds is 3. The van der Waals surface area contributed by atoms with Gasteiger partial charge >= 0.3 is 6.18 Å². The highest BCUT2D eigenvalue weighted by Crippen LogP contribution is 2.26. The maximum absolute atomic E-state index is 12.8. The molecule has 0 saturated heterocycles. The molecule has 136 valence electrons. The lowest BCUT2D eigenvalue weighted by Gasteiger charge is -2.10. The lowest BCUT2D eigenvalue weighted by atomic mass is 10.2. The normalized spacial score (nSPS) is 11.7. The Hall–Kier alpha value is -3.17. The number of hydrogen-bond acceptors (Lipinski definition) is 4. The highest BCUT2D eigenvalue weighted by Gasteiger charge is 2.34. The van der Waals surface area contributed by atoms with E-state index in [1.807, 2.05) is 0 Å². The Balaban J connectivity index is 1.82. The first-order chi connectivity index (χ1) is 12.2. The van der Waals surface area contributed by atoms with Gasteiger partial charge in [0.1, 0.15) is 12.1 Å². The molecule has 1 N–H and O–H groups in total. The minimum absolute atomic E-state index is 0.360. The Bertz CT molecular complexity index is 1050. The number of halogens is 3. The number of pyridine rings is 2. The van der Waals surface area contributed by atoms with Crippen molar-refractivity contribution < 1.29 is 18.0 Å². The number of alkyl halides is 3. The summed E-state index contributed by atoms with van der Waals surface area (Å²) in [7, 11) is 1.74. The molecule has 3 aromatic rings. The van der Waals surface area contributed by atoms with E-state index < -0.39 is 29.8 Å². The van der Waals surface area contributed by atoms with Gasteiger partial charge in [-0.1, -0.05) is 0 Å². The van der Waals surface area contributed by atoms with Crippen LogP contribution in [-0.4, -0.2) is 25.2 Å². The van der Waals surface area contributed by atoms with Gasteiger partial charge in [0, 0.05) is 18.6 Å². The molecule has 0 spiro atoms. The Morgan fingerprint density at radius 3 is 2.77 bits per heavy atom. The van der Waals surface area contributed by atoms with Gasteiger partial charge in [-0.05, 0) is 25.1 Å². The molecule has 0 aliphatic carbocycles. The molecule has 0 aliphatic heterocycles. The summed E-state index contributed by atoms with van der Waals surface area (Å²) >= 11 is 0. The second kappa shape index (κ2) is 6.28. The van der Waals surface area contributed by atoms with Crippen molar-refractivity contribution in [2.24, 2.45) is 7.05 Å². The zero-order valence-corrected chi connectivity index (χ0v) is 13.8. The largest absolute Gasteiger partial charge is 0.421 e. The fourth-order valence-electron chi connectivity index (χ4n) is 2.61. The van der Waals surface area contributed by atoms with Crippen LogP contribution < -0.4 is 10.9 Å². The monoisotopic (exact) mass is 365 g/mol. The first-order valence-electron chi connectivity index (χ1n) is 7.52. The van der Waals surface area contributed by atoms with Gasteiger partial charge in [0.05, 0.1) is 17.6 Å². The number of aryl methyl sites for hydroxylation is 2. The van der Waals surface area contributed by atoms with Crippen LogP contribution in [0.2, 0.25) is 0 Å². The molecule has 3 rings (SSSR count). The first-order valence-corrected chi connectivity index (χ1v) is 7.52. The Kier molecular flexibility index (Phi) is 4.26. The average molecular weight is 365 g/mol. The second-order valence-electron chi connectivity index (χ2n) is 5.71. The van der Waals surface area contributed by atoms with Gasteiger partial charge in [-0.2, -0.15) is 18.3 Å².